The number of benzene rings is 1. The van der Waals surface area contributed by atoms with Crippen LogP contribution in [0.2, 0.25) is 0 Å². The Kier molecular flexibility index (Phi) is 11.8. The quantitative estimate of drug-likeness (QED) is 0.288. The van der Waals surface area contributed by atoms with E-state index in [1.807, 2.05) is 38.1 Å². The number of carbonyl (C=O) groups is 2. The average Bonchev–Trinajstić information content (AvgIpc) is 2.69. The number of likely N-dealkylation sites (tertiary alicyclic amines) is 1. The highest BCUT2D eigenvalue weighted by Crippen LogP contribution is 2.20. The van der Waals surface area contributed by atoms with Gasteiger partial charge in [0.25, 0.3) is 0 Å². The molecule has 0 radical (unpaired) electrons. The number of hydrogen-bond donors (Lipinski definition) is 3. The molecule has 3 N–H and O–H groups in total. The van der Waals surface area contributed by atoms with E-state index < -0.39 is 0 Å². The summed E-state index contributed by atoms with van der Waals surface area (Å²) in [6, 6.07) is 7.89. The predicted octanol–water partition coefficient (Wildman–Crippen LogP) is 3.21. The maximum Gasteiger partial charge on any atom is 0.224 e. The minimum atomic E-state index is 0. The highest BCUT2D eigenvalue weighted by atomic mass is 127. The Balaban J connectivity index is 0.00000450. The molecule has 0 unspecified atom stereocenters. The Morgan fingerprint density at radius 2 is 1.90 bits per heavy atom. The third-order valence-electron chi connectivity index (χ3n) is 5.13. The molecule has 0 saturated carbocycles. The van der Waals surface area contributed by atoms with Gasteiger partial charge in [0.2, 0.25) is 11.8 Å². The van der Waals surface area contributed by atoms with Crippen molar-refractivity contribution in [1.29, 1.82) is 0 Å². The smallest absolute Gasteiger partial charge is 0.224 e. The molecular weight excluding hydrogens is 493 g/mol. The van der Waals surface area contributed by atoms with Gasteiger partial charge in [0.05, 0.1) is 0 Å². The van der Waals surface area contributed by atoms with Crippen molar-refractivity contribution < 1.29 is 9.59 Å². The number of nitrogens with zero attached hydrogens (tertiary/aromatic N) is 2. The zero-order valence-electron chi connectivity index (χ0n) is 18.5. The molecule has 0 aromatic heterocycles. The van der Waals surface area contributed by atoms with Gasteiger partial charge >= 0.3 is 0 Å². The summed E-state index contributed by atoms with van der Waals surface area (Å²) >= 11 is 0. The average molecular weight is 529 g/mol. The minimum Gasteiger partial charge on any atom is -0.359 e. The largest absolute Gasteiger partial charge is 0.359 e. The Morgan fingerprint density at radius 1 is 1.20 bits per heavy atom. The van der Waals surface area contributed by atoms with Gasteiger partial charge in [0.15, 0.2) is 5.96 Å². The van der Waals surface area contributed by atoms with Gasteiger partial charge in [0.1, 0.15) is 0 Å². The second-order valence-electron chi connectivity index (χ2n) is 8.06. The monoisotopic (exact) mass is 529 g/mol. The first-order valence-corrected chi connectivity index (χ1v) is 10.5. The third-order valence-corrected chi connectivity index (χ3v) is 5.13. The van der Waals surface area contributed by atoms with Crippen LogP contribution in [0.5, 0.6) is 0 Å². The van der Waals surface area contributed by atoms with E-state index in [9.17, 15) is 9.59 Å². The molecule has 2 amide bonds. The highest BCUT2D eigenvalue weighted by Gasteiger charge is 2.23. The van der Waals surface area contributed by atoms with Crippen molar-refractivity contribution in [3.05, 3.63) is 29.8 Å². The molecule has 168 valence electrons. The van der Waals surface area contributed by atoms with Crippen molar-refractivity contribution in [3.63, 3.8) is 0 Å². The maximum atomic E-state index is 12.0. The van der Waals surface area contributed by atoms with E-state index in [4.69, 9.17) is 0 Å². The first-order valence-electron chi connectivity index (χ1n) is 10.5. The predicted molar refractivity (Wildman–Crippen MR) is 133 cm³/mol. The number of halogens is 1. The molecule has 1 fully saturated rings. The van der Waals surface area contributed by atoms with Gasteiger partial charge in [-0.05, 0) is 42.4 Å². The van der Waals surface area contributed by atoms with Gasteiger partial charge in [-0.1, -0.05) is 26.0 Å². The lowest BCUT2D eigenvalue weighted by Gasteiger charge is -2.34. The highest BCUT2D eigenvalue weighted by molar-refractivity contribution is 14.0. The first-order chi connectivity index (χ1) is 13.9. The van der Waals surface area contributed by atoms with Gasteiger partial charge in [-0.3, -0.25) is 14.6 Å². The molecule has 0 aliphatic carbocycles. The van der Waals surface area contributed by atoms with Crippen LogP contribution in [0.4, 0.5) is 5.69 Å². The van der Waals surface area contributed by atoms with Crippen molar-refractivity contribution in [2.45, 2.75) is 46.1 Å². The number of nitrogens with one attached hydrogen (secondary N) is 3. The first kappa shape index (κ1) is 26.2. The van der Waals surface area contributed by atoms with Gasteiger partial charge in [0, 0.05) is 52.3 Å². The van der Waals surface area contributed by atoms with E-state index in [0.29, 0.717) is 31.2 Å². The number of rotatable bonds is 7. The van der Waals surface area contributed by atoms with Crippen molar-refractivity contribution in [3.8, 4) is 0 Å². The van der Waals surface area contributed by atoms with Crippen LogP contribution in [-0.2, 0) is 16.1 Å². The lowest BCUT2D eigenvalue weighted by molar-refractivity contribution is -0.121. The van der Waals surface area contributed by atoms with Crippen LogP contribution in [0.1, 0.15) is 45.1 Å². The van der Waals surface area contributed by atoms with Crippen molar-refractivity contribution in [1.82, 2.24) is 15.5 Å². The molecule has 1 heterocycles. The molecular formula is C22H36IN5O2. The van der Waals surface area contributed by atoms with Crippen molar-refractivity contribution in [2.24, 2.45) is 16.8 Å². The Bertz CT molecular complexity index is 715. The molecule has 1 aliphatic heterocycles. The Morgan fingerprint density at radius 3 is 2.50 bits per heavy atom. The summed E-state index contributed by atoms with van der Waals surface area (Å²) in [6.45, 7) is 6.50. The maximum absolute atomic E-state index is 12.0. The van der Waals surface area contributed by atoms with Crippen molar-refractivity contribution in [2.75, 3.05) is 32.5 Å². The zero-order valence-corrected chi connectivity index (χ0v) is 20.9. The molecule has 8 heteroatoms. The van der Waals surface area contributed by atoms with Crippen LogP contribution in [0.3, 0.4) is 0 Å². The summed E-state index contributed by atoms with van der Waals surface area (Å²) in [4.78, 5) is 30.2. The topological polar surface area (TPSA) is 85.8 Å². The molecule has 0 atom stereocenters. The molecule has 0 bridgehead atoms. The fraction of sp³-hybridized carbons (Fsp3) is 0.591. The Hall–Kier alpha value is -1.84. The van der Waals surface area contributed by atoms with E-state index in [-0.39, 0.29) is 35.8 Å². The van der Waals surface area contributed by atoms with Crippen LogP contribution >= 0.6 is 24.0 Å². The number of aliphatic imine (C=N–C) groups is 1. The van der Waals surface area contributed by atoms with Crippen LogP contribution in [0, 0.1) is 11.8 Å². The Labute approximate surface area is 197 Å². The fourth-order valence-electron chi connectivity index (χ4n) is 3.57. The SMILES string of the molecule is CN=C(NCc1cccc(NC(=O)CC(C)C)c1)N1CCC(CC(=O)NC)CC1.I. The van der Waals surface area contributed by atoms with Crippen LogP contribution in [0.15, 0.2) is 29.3 Å². The molecule has 2 rings (SSSR count). The van der Waals surface area contributed by atoms with E-state index in [1.165, 1.54) is 0 Å². The van der Waals surface area contributed by atoms with Gasteiger partial charge in [-0.25, -0.2) is 0 Å². The molecule has 1 aromatic rings. The number of guanidine groups is 1. The molecule has 7 nitrogen and oxygen atoms in total. The standard InChI is InChI=1S/C22H35N5O2.HI/c1-16(2)12-21(29)26-19-7-5-6-18(13-19)15-25-22(24-4)27-10-8-17(9-11-27)14-20(28)23-3;/h5-7,13,16-17H,8-12,14-15H2,1-4H3,(H,23,28)(H,24,25)(H,26,29);1H. The number of hydrogen-bond acceptors (Lipinski definition) is 3. The van der Waals surface area contributed by atoms with E-state index in [2.05, 4.69) is 25.8 Å². The third kappa shape index (κ3) is 8.89. The second kappa shape index (κ2) is 13.5. The van der Waals surface area contributed by atoms with Crippen LogP contribution in [-0.4, -0.2) is 49.9 Å². The van der Waals surface area contributed by atoms with E-state index >= 15 is 0 Å². The number of amides is 2. The van der Waals surface area contributed by atoms with Crippen LogP contribution < -0.4 is 16.0 Å². The van der Waals surface area contributed by atoms with Crippen LogP contribution in [0.25, 0.3) is 0 Å². The van der Waals surface area contributed by atoms with E-state index in [0.717, 1.165) is 43.1 Å². The normalized spacial score (nSPS) is 14.8. The zero-order chi connectivity index (χ0) is 21.2. The van der Waals surface area contributed by atoms with Gasteiger partial charge in [-0.2, -0.15) is 0 Å². The fourth-order valence-corrected chi connectivity index (χ4v) is 3.57. The number of carbonyl (C=O) groups excluding carboxylic acids is 2. The lowest BCUT2D eigenvalue weighted by atomic mass is 9.93. The summed E-state index contributed by atoms with van der Waals surface area (Å²) < 4.78 is 0. The molecule has 30 heavy (non-hydrogen) atoms. The van der Waals surface area contributed by atoms with Crippen molar-refractivity contribution >= 4 is 47.4 Å². The number of anilines is 1. The van der Waals surface area contributed by atoms with Gasteiger partial charge in [-0.15, -0.1) is 24.0 Å². The summed E-state index contributed by atoms with van der Waals surface area (Å²) in [6.07, 6.45) is 3.10. The second-order valence-corrected chi connectivity index (χ2v) is 8.06. The minimum absolute atomic E-state index is 0. The summed E-state index contributed by atoms with van der Waals surface area (Å²) in [5, 5.41) is 9.09. The number of piperidine rings is 1. The molecule has 1 aromatic carbocycles. The van der Waals surface area contributed by atoms with Gasteiger partial charge < -0.3 is 20.9 Å². The molecule has 1 saturated heterocycles. The summed E-state index contributed by atoms with van der Waals surface area (Å²) in [7, 11) is 3.48. The summed E-state index contributed by atoms with van der Waals surface area (Å²) in [5.74, 6) is 1.81. The summed E-state index contributed by atoms with van der Waals surface area (Å²) in [5.41, 5.74) is 1.91. The molecule has 1 aliphatic rings. The molecule has 0 spiro atoms. The van der Waals surface area contributed by atoms with E-state index in [1.54, 1.807) is 14.1 Å². The lowest BCUT2D eigenvalue weighted by Crippen LogP contribution is -2.45.